The molecule has 5 heteroatoms. The van der Waals surface area contributed by atoms with Crippen LogP contribution in [0.2, 0.25) is 0 Å². The number of hydrogen-bond donors (Lipinski definition) is 1. The van der Waals surface area contributed by atoms with E-state index in [-0.39, 0.29) is 23.1 Å². The van der Waals surface area contributed by atoms with E-state index in [1.54, 1.807) is 23.3 Å². The molecule has 1 N–H and O–H groups in total. The lowest BCUT2D eigenvalue weighted by Crippen LogP contribution is -2.42. The van der Waals surface area contributed by atoms with E-state index in [2.05, 4.69) is 11.9 Å². The predicted molar refractivity (Wildman–Crippen MR) is 77.9 cm³/mol. The highest BCUT2D eigenvalue weighted by Crippen LogP contribution is 2.34. The largest absolute Gasteiger partial charge is 0.467 e. The number of piperidine rings is 1. The molecule has 5 nitrogen and oxygen atoms in total. The van der Waals surface area contributed by atoms with Gasteiger partial charge in [0.05, 0.1) is 12.3 Å². The fraction of sp³-hybridized carbons (Fsp3) is 0.375. The first kappa shape index (κ1) is 13.7. The molecule has 1 fully saturated rings. The van der Waals surface area contributed by atoms with Crippen molar-refractivity contribution in [1.29, 1.82) is 0 Å². The van der Waals surface area contributed by atoms with Gasteiger partial charge in [-0.05, 0) is 43.0 Å². The number of H-pyrrole nitrogens is 1. The first-order chi connectivity index (χ1) is 10.2. The SMILES string of the molecule is CC1CCN(C(=O)c2ccc[nH]c2=O)C(c2ccco2)C1. The van der Waals surface area contributed by atoms with Crippen molar-refractivity contribution in [3.05, 3.63) is 58.4 Å². The van der Waals surface area contributed by atoms with E-state index in [0.717, 1.165) is 18.6 Å². The Morgan fingerprint density at radius 3 is 2.95 bits per heavy atom. The van der Waals surface area contributed by atoms with Crippen LogP contribution >= 0.6 is 0 Å². The molecular formula is C16H18N2O3. The summed E-state index contributed by atoms with van der Waals surface area (Å²) in [4.78, 5) is 28.8. The maximum Gasteiger partial charge on any atom is 0.260 e. The van der Waals surface area contributed by atoms with Crippen LogP contribution in [0.1, 0.15) is 41.9 Å². The minimum Gasteiger partial charge on any atom is -0.467 e. The average molecular weight is 286 g/mol. The third-order valence-electron chi connectivity index (χ3n) is 4.05. The second-order valence-corrected chi connectivity index (χ2v) is 5.57. The fourth-order valence-corrected chi connectivity index (χ4v) is 2.88. The van der Waals surface area contributed by atoms with Crippen LogP contribution in [0.4, 0.5) is 0 Å². The van der Waals surface area contributed by atoms with Gasteiger partial charge in [-0.25, -0.2) is 0 Å². The second kappa shape index (κ2) is 5.60. The van der Waals surface area contributed by atoms with E-state index in [4.69, 9.17) is 4.42 Å². The number of furan rings is 1. The molecule has 1 aliphatic rings. The van der Waals surface area contributed by atoms with Gasteiger partial charge >= 0.3 is 0 Å². The van der Waals surface area contributed by atoms with Gasteiger partial charge in [-0.2, -0.15) is 0 Å². The van der Waals surface area contributed by atoms with E-state index in [1.807, 2.05) is 12.1 Å². The molecule has 21 heavy (non-hydrogen) atoms. The molecule has 0 bridgehead atoms. The van der Waals surface area contributed by atoms with Gasteiger partial charge in [0.1, 0.15) is 11.3 Å². The van der Waals surface area contributed by atoms with Gasteiger partial charge in [0, 0.05) is 12.7 Å². The molecule has 2 aromatic heterocycles. The zero-order valence-electron chi connectivity index (χ0n) is 11.9. The van der Waals surface area contributed by atoms with Crippen LogP contribution in [0.5, 0.6) is 0 Å². The molecule has 0 radical (unpaired) electrons. The molecule has 0 aromatic carbocycles. The van der Waals surface area contributed by atoms with Crippen LogP contribution in [-0.2, 0) is 0 Å². The molecule has 2 unspecified atom stereocenters. The maximum absolute atomic E-state index is 12.7. The van der Waals surface area contributed by atoms with Crippen LogP contribution in [0.25, 0.3) is 0 Å². The minimum atomic E-state index is -0.348. The third kappa shape index (κ3) is 2.63. The third-order valence-corrected chi connectivity index (χ3v) is 4.05. The van der Waals surface area contributed by atoms with Gasteiger partial charge in [-0.1, -0.05) is 6.92 Å². The van der Waals surface area contributed by atoms with E-state index in [9.17, 15) is 9.59 Å². The molecule has 0 spiro atoms. The predicted octanol–water partition coefficient (Wildman–Crippen LogP) is 2.58. The number of nitrogens with zero attached hydrogens (tertiary/aromatic N) is 1. The summed E-state index contributed by atoms with van der Waals surface area (Å²) >= 11 is 0. The van der Waals surface area contributed by atoms with Crippen molar-refractivity contribution in [2.24, 2.45) is 5.92 Å². The number of aromatic nitrogens is 1. The smallest absolute Gasteiger partial charge is 0.260 e. The number of nitrogens with one attached hydrogen (secondary N) is 1. The lowest BCUT2D eigenvalue weighted by atomic mass is 9.90. The maximum atomic E-state index is 12.7. The van der Waals surface area contributed by atoms with Crippen molar-refractivity contribution in [3.8, 4) is 0 Å². The Bertz CT molecular complexity index is 675. The molecule has 2 atom stereocenters. The zero-order valence-corrected chi connectivity index (χ0v) is 11.9. The molecule has 3 rings (SSSR count). The normalized spacial score (nSPS) is 22.2. The number of aromatic amines is 1. The van der Waals surface area contributed by atoms with Gasteiger partial charge in [-0.15, -0.1) is 0 Å². The summed E-state index contributed by atoms with van der Waals surface area (Å²) in [6.45, 7) is 2.81. The van der Waals surface area contributed by atoms with Crippen LogP contribution in [-0.4, -0.2) is 22.3 Å². The molecule has 110 valence electrons. The fourth-order valence-electron chi connectivity index (χ4n) is 2.88. The zero-order chi connectivity index (χ0) is 14.8. The number of hydrogen-bond acceptors (Lipinski definition) is 3. The lowest BCUT2D eigenvalue weighted by Gasteiger charge is -2.37. The molecule has 0 saturated carbocycles. The summed E-state index contributed by atoms with van der Waals surface area (Å²) in [7, 11) is 0. The number of amides is 1. The molecular weight excluding hydrogens is 268 g/mol. The minimum absolute atomic E-state index is 0.101. The number of rotatable bonds is 2. The summed E-state index contributed by atoms with van der Waals surface area (Å²) in [5.74, 6) is 1.07. The van der Waals surface area contributed by atoms with Gasteiger partial charge in [0.15, 0.2) is 0 Å². The molecule has 0 aliphatic carbocycles. The Morgan fingerprint density at radius 1 is 1.38 bits per heavy atom. The van der Waals surface area contributed by atoms with E-state index < -0.39 is 0 Å². The Morgan fingerprint density at radius 2 is 2.24 bits per heavy atom. The van der Waals surface area contributed by atoms with Crippen LogP contribution in [0, 0.1) is 5.92 Å². The average Bonchev–Trinajstić information content (AvgIpc) is 3.01. The highest BCUT2D eigenvalue weighted by molar-refractivity contribution is 5.94. The van der Waals surface area contributed by atoms with Crippen molar-refractivity contribution in [2.75, 3.05) is 6.54 Å². The highest BCUT2D eigenvalue weighted by Gasteiger charge is 2.33. The van der Waals surface area contributed by atoms with Crippen molar-refractivity contribution in [1.82, 2.24) is 9.88 Å². The standard InChI is InChI=1S/C16H18N2O3/c1-11-6-8-18(13(10-11)14-5-3-9-21-14)16(20)12-4-2-7-17-15(12)19/h2-5,7,9,11,13H,6,8,10H2,1H3,(H,17,19). The van der Waals surface area contributed by atoms with Gasteiger partial charge in [-0.3, -0.25) is 9.59 Å². The van der Waals surface area contributed by atoms with Gasteiger partial charge < -0.3 is 14.3 Å². The molecule has 1 aliphatic heterocycles. The van der Waals surface area contributed by atoms with Crippen molar-refractivity contribution >= 4 is 5.91 Å². The number of likely N-dealkylation sites (tertiary alicyclic amines) is 1. The van der Waals surface area contributed by atoms with Crippen molar-refractivity contribution < 1.29 is 9.21 Å². The quantitative estimate of drug-likeness (QED) is 0.922. The van der Waals surface area contributed by atoms with E-state index in [1.165, 1.54) is 6.20 Å². The Kier molecular flexibility index (Phi) is 3.64. The number of carbonyl (C=O) groups excluding carboxylic acids is 1. The first-order valence-corrected chi connectivity index (χ1v) is 7.19. The van der Waals surface area contributed by atoms with Crippen LogP contribution in [0.15, 0.2) is 45.9 Å². The summed E-state index contributed by atoms with van der Waals surface area (Å²) in [6, 6.07) is 6.85. The molecule has 1 saturated heterocycles. The van der Waals surface area contributed by atoms with E-state index in [0.29, 0.717) is 12.5 Å². The Labute approximate surface area is 122 Å². The first-order valence-electron chi connectivity index (χ1n) is 7.19. The van der Waals surface area contributed by atoms with Crippen molar-refractivity contribution in [2.45, 2.75) is 25.8 Å². The van der Waals surface area contributed by atoms with Crippen LogP contribution < -0.4 is 5.56 Å². The second-order valence-electron chi connectivity index (χ2n) is 5.57. The highest BCUT2D eigenvalue weighted by atomic mass is 16.3. The summed E-state index contributed by atoms with van der Waals surface area (Å²) in [5.41, 5.74) is -0.164. The lowest BCUT2D eigenvalue weighted by molar-refractivity contribution is 0.0519. The Balaban J connectivity index is 1.93. The number of carbonyl (C=O) groups is 1. The topological polar surface area (TPSA) is 66.3 Å². The summed E-state index contributed by atoms with van der Waals surface area (Å²) in [5, 5.41) is 0. The molecule has 3 heterocycles. The number of pyridine rings is 1. The Hall–Kier alpha value is -2.30. The summed E-state index contributed by atoms with van der Waals surface area (Å²) < 4.78 is 5.49. The molecule has 1 amide bonds. The summed E-state index contributed by atoms with van der Waals surface area (Å²) in [6.07, 6.45) is 4.94. The van der Waals surface area contributed by atoms with Crippen molar-refractivity contribution in [3.63, 3.8) is 0 Å². The van der Waals surface area contributed by atoms with Gasteiger partial charge in [0.25, 0.3) is 11.5 Å². The monoisotopic (exact) mass is 286 g/mol. The van der Waals surface area contributed by atoms with E-state index >= 15 is 0 Å². The van der Waals surface area contributed by atoms with Gasteiger partial charge in [0.2, 0.25) is 0 Å². The van der Waals surface area contributed by atoms with Crippen LogP contribution in [0.3, 0.4) is 0 Å². The molecule has 2 aromatic rings.